The lowest BCUT2D eigenvalue weighted by atomic mass is 10.1. The molecular formula is C16H20N2O2S. The molecular weight excluding hydrogens is 284 g/mol. The van der Waals surface area contributed by atoms with Crippen molar-refractivity contribution in [3.8, 4) is 0 Å². The van der Waals surface area contributed by atoms with Gasteiger partial charge in [0, 0.05) is 17.6 Å². The van der Waals surface area contributed by atoms with Gasteiger partial charge in [0.05, 0.1) is 5.52 Å². The molecule has 2 unspecified atom stereocenters. The minimum absolute atomic E-state index is 0.0469. The zero-order chi connectivity index (χ0) is 15.0. The first-order valence-corrected chi connectivity index (χ1v) is 8.82. The molecule has 0 aliphatic heterocycles. The van der Waals surface area contributed by atoms with Crippen LogP contribution in [0.2, 0.25) is 0 Å². The van der Waals surface area contributed by atoms with Crippen LogP contribution in [0.1, 0.15) is 31.7 Å². The van der Waals surface area contributed by atoms with Crippen LogP contribution in [0.3, 0.4) is 0 Å². The van der Waals surface area contributed by atoms with Crippen molar-refractivity contribution in [1.82, 2.24) is 9.71 Å². The molecule has 1 aliphatic rings. The minimum Gasteiger partial charge on any atom is -0.255 e. The molecule has 0 saturated heterocycles. The van der Waals surface area contributed by atoms with Crippen molar-refractivity contribution in [2.75, 3.05) is 0 Å². The molecule has 1 aromatic heterocycles. The van der Waals surface area contributed by atoms with Gasteiger partial charge in [0.2, 0.25) is 10.0 Å². The van der Waals surface area contributed by atoms with Gasteiger partial charge in [0.15, 0.2) is 0 Å². The third-order valence-electron chi connectivity index (χ3n) is 4.12. The molecule has 2 aromatic rings. The summed E-state index contributed by atoms with van der Waals surface area (Å²) in [4.78, 5) is 4.59. The SMILES string of the molecule is Cc1cnc2c(S(=O)(=O)NC3CCC(C)C3)cccc2c1. The zero-order valence-corrected chi connectivity index (χ0v) is 13.2. The quantitative estimate of drug-likeness (QED) is 0.948. The number of aromatic nitrogens is 1. The molecule has 1 aliphatic carbocycles. The maximum Gasteiger partial charge on any atom is 0.242 e. The van der Waals surface area contributed by atoms with Gasteiger partial charge in [-0.25, -0.2) is 13.1 Å². The number of pyridine rings is 1. The summed E-state index contributed by atoms with van der Waals surface area (Å²) in [7, 11) is -3.52. The molecule has 1 fully saturated rings. The van der Waals surface area contributed by atoms with Crippen molar-refractivity contribution in [2.24, 2.45) is 5.92 Å². The third kappa shape index (κ3) is 2.94. The van der Waals surface area contributed by atoms with Crippen molar-refractivity contribution in [3.63, 3.8) is 0 Å². The number of hydrogen-bond donors (Lipinski definition) is 1. The molecule has 112 valence electrons. The van der Waals surface area contributed by atoms with E-state index in [-0.39, 0.29) is 10.9 Å². The normalized spacial score (nSPS) is 22.8. The number of nitrogens with zero attached hydrogens (tertiary/aromatic N) is 1. The number of rotatable bonds is 3. The first-order valence-electron chi connectivity index (χ1n) is 7.33. The van der Waals surface area contributed by atoms with Crippen LogP contribution >= 0.6 is 0 Å². The van der Waals surface area contributed by atoms with Gasteiger partial charge in [-0.1, -0.05) is 19.1 Å². The zero-order valence-electron chi connectivity index (χ0n) is 12.3. The maximum absolute atomic E-state index is 12.6. The number of nitrogens with one attached hydrogen (secondary N) is 1. The highest BCUT2D eigenvalue weighted by Gasteiger charge is 2.27. The van der Waals surface area contributed by atoms with E-state index in [1.807, 2.05) is 19.1 Å². The predicted molar refractivity (Wildman–Crippen MR) is 83.6 cm³/mol. The Balaban J connectivity index is 1.99. The van der Waals surface area contributed by atoms with Crippen LogP contribution in [0, 0.1) is 12.8 Å². The van der Waals surface area contributed by atoms with E-state index in [1.54, 1.807) is 18.3 Å². The standard InChI is InChI=1S/C16H20N2O2S/c1-11-6-7-14(9-11)18-21(19,20)15-5-3-4-13-8-12(2)10-17-16(13)15/h3-5,8,10-11,14,18H,6-7,9H2,1-2H3. The highest BCUT2D eigenvalue weighted by molar-refractivity contribution is 7.89. The van der Waals surface area contributed by atoms with Crippen LogP contribution in [-0.2, 0) is 10.0 Å². The van der Waals surface area contributed by atoms with E-state index in [0.29, 0.717) is 11.4 Å². The summed E-state index contributed by atoms with van der Waals surface area (Å²) in [5.74, 6) is 0.589. The Morgan fingerprint density at radius 1 is 1.29 bits per heavy atom. The van der Waals surface area contributed by atoms with E-state index in [0.717, 1.165) is 30.2 Å². The molecule has 0 radical (unpaired) electrons. The van der Waals surface area contributed by atoms with Gasteiger partial charge >= 0.3 is 0 Å². The van der Waals surface area contributed by atoms with Gasteiger partial charge in [-0.05, 0) is 49.8 Å². The molecule has 1 aromatic carbocycles. The lowest BCUT2D eigenvalue weighted by Crippen LogP contribution is -2.33. The molecule has 1 N–H and O–H groups in total. The summed E-state index contributed by atoms with van der Waals surface area (Å²) in [6.07, 6.45) is 4.62. The number of hydrogen-bond acceptors (Lipinski definition) is 3. The second-order valence-corrected chi connectivity index (χ2v) is 7.76. The second-order valence-electron chi connectivity index (χ2n) is 6.08. The van der Waals surface area contributed by atoms with E-state index < -0.39 is 10.0 Å². The largest absolute Gasteiger partial charge is 0.255 e. The first-order chi connectivity index (χ1) is 9.95. The van der Waals surface area contributed by atoms with Crippen molar-refractivity contribution < 1.29 is 8.42 Å². The molecule has 1 heterocycles. The molecule has 0 bridgehead atoms. The summed E-state index contributed by atoms with van der Waals surface area (Å²) < 4.78 is 28.1. The lowest BCUT2D eigenvalue weighted by Gasteiger charge is -2.14. The first kappa shape index (κ1) is 14.5. The number of benzene rings is 1. The molecule has 1 saturated carbocycles. The van der Waals surface area contributed by atoms with Crippen molar-refractivity contribution in [3.05, 3.63) is 36.0 Å². The summed E-state index contributed by atoms with van der Waals surface area (Å²) in [6, 6.07) is 7.30. The Hall–Kier alpha value is -1.46. The van der Waals surface area contributed by atoms with Gasteiger partial charge in [-0.3, -0.25) is 4.98 Å². The van der Waals surface area contributed by atoms with E-state index in [1.165, 1.54) is 0 Å². The Morgan fingerprint density at radius 2 is 2.10 bits per heavy atom. The molecule has 21 heavy (non-hydrogen) atoms. The Kier molecular flexibility index (Phi) is 3.71. The van der Waals surface area contributed by atoms with Crippen molar-refractivity contribution >= 4 is 20.9 Å². The van der Waals surface area contributed by atoms with Gasteiger partial charge < -0.3 is 0 Å². The van der Waals surface area contributed by atoms with E-state index >= 15 is 0 Å². The molecule has 0 spiro atoms. The smallest absolute Gasteiger partial charge is 0.242 e. The van der Waals surface area contributed by atoms with Crippen LogP contribution in [0.25, 0.3) is 10.9 Å². The topological polar surface area (TPSA) is 59.1 Å². The van der Waals surface area contributed by atoms with Gasteiger partial charge in [-0.15, -0.1) is 0 Å². The third-order valence-corrected chi connectivity index (χ3v) is 5.67. The maximum atomic E-state index is 12.6. The van der Waals surface area contributed by atoms with Crippen LogP contribution in [-0.4, -0.2) is 19.4 Å². The number of fused-ring (bicyclic) bond motifs is 1. The summed E-state index contributed by atoms with van der Waals surface area (Å²) >= 11 is 0. The highest BCUT2D eigenvalue weighted by Crippen LogP contribution is 2.27. The summed E-state index contributed by atoms with van der Waals surface area (Å²) in [5, 5.41) is 0.859. The molecule has 4 nitrogen and oxygen atoms in total. The van der Waals surface area contributed by atoms with Crippen LogP contribution in [0.15, 0.2) is 35.4 Å². The van der Waals surface area contributed by atoms with Crippen molar-refractivity contribution in [1.29, 1.82) is 0 Å². The monoisotopic (exact) mass is 304 g/mol. The Morgan fingerprint density at radius 3 is 2.81 bits per heavy atom. The number of para-hydroxylation sites is 1. The van der Waals surface area contributed by atoms with Crippen LogP contribution in [0.4, 0.5) is 0 Å². The Bertz CT molecular complexity index is 771. The van der Waals surface area contributed by atoms with Crippen LogP contribution < -0.4 is 4.72 Å². The molecule has 0 amide bonds. The number of sulfonamides is 1. The van der Waals surface area contributed by atoms with E-state index in [2.05, 4.69) is 16.6 Å². The van der Waals surface area contributed by atoms with Gasteiger partial charge in [0.1, 0.15) is 4.90 Å². The Labute approximate surface area is 125 Å². The molecule has 2 atom stereocenters. The minimum atomic E-state index is -3.52. The molecule has 5 heteroatoms. The average Bonchev–Trinajstić information content (AvgIpc) is 2.82. The number of aryl methyl sites for hydroxylation is 1. The van der Waals surface area contributed by atoms with E-state index in [4.69, 9.17) is 0 Å². The average molecular weight is 304 g/mol. The lowest BCUT2D eigenvalue weighted by molar-refractivity contribution is 0.539. The fraction of sp³-hybridized carbons (Fsp3) is 0.438. The molecule has 3 rings (SSSR count). The highest BCUT2D eigenvalue weighted by atomic mass is 32.2. The van der Waals surface area contributed by atoms with Gasteiger partial charge in [-0.2, -0.15) is 0 Å². The summed E-state index contributed by atoms with van der Waals surface area (Å²) in [5.41, 5.74) is 1.57. The fourth-order valence-corrected chi connectivity index (χ4v) is 4.52. The van der Waals surface area contributed by atoms with Gasteiger partial charge in [0.25, 0.3) is 0 Å². The van der Waals surface area contributed by atoms with Crippen molar-refractivity contribution in [2.45, 2.75) is 44.0 Å². The van der Waals surface area contributed by atoms with Crippen LogP contribution in [0.5, 0.6) is 0 Å². The fourth-order valence-electron chi connectivity index (χ4n) is 3.06. The predicted octanol–water partition coefficient (Wildman–Crippen LogP) is 3.01. The summed E-state index contributed by atoms with van der Waals surface area (Å²) in [6.45, 7) is 4.11. The second kappa shape index (κ2) is 5.39. The van der Waals surface area contributed by atoms with E-state index in [9.17, 15) is 8.42 Å².